The number of amides is 1. The standard InChI is InChI=1S/C17H24N4O2/c1-17(2,3)23-16(22)21-9-5-6-12(21)10-18-14-7-4-8-15-13(14)11-19-20-15/h4,7-8,11-12,18H,5-6,9-10H2,1-3H3,(H,19,20). The third kappa shape index (κ3) is 3.57. The predicted octanol–water partition coefficient (Wildman–Crippen LogP) is 3.37. The van der Waals surface area contributed by atoms with Gasteiger partial charge in [0.1, 0.15) is 5.60 Å². The highest BCUT2D eigenvalue weighted by molar-refractivity contribution is 5.90. The molecule has 0 aliphatic carbocycles. The van der Waals surface area contributed by atoms with Crippen LogP contribution in [0.3, 0.4) is 0 Å². The SMILES string of the molecule is CC(C)(C)OC(=O)N1CCCC1CNc1cccc2[nH]ncc12. The van der Waals surface area contributed by atoms with Crippen LogP contribution in [-0.2, 0) is 4.74 Å². The maximum Gasteiger partial charge on any atom is 0.410 e. The van der Waals surface area contributed by atoms with Gasteiger partial charge in [-0.3, -0.25) is 5.10 Å². The first-order chi connectivity index (χ1) is 10.9. The number of nitrogens with zero attached hydrogens (tertiary/aromatic N) is 2. The van der Waals surface area contributed by atoms with Gasteiger partial charge in [0.25, 0.3) is 0 Å². The Kier molecular flexibility index (Phi) is 4.15. The topological polar surface area (TPSA) is 70.2 Å². The number of aromatic amines is 1. The molecule has 1 aromatic carbocycles. The number of benzene rings is 1. The fraction of sp³-hybridized carbons (Fsp3) is 0.529. The molecule has 0 radical (unpaired) electrons. The summed E-state index contributed by atoms with van der Waals surface area (Å²) in [6.45, 7) is 7.16. The molecule has 2 aromatic rings. The van der Waals surface area contributed by atoms with Crippen molar-refractivity contribution in [3.63, 3.8) is 0 Å². The number of hydrogen-bond donors (Lipinski definition) is 2. The molecule has 124 valence electrons. The molecule has 1 amide bonds. The zero-order chi connectivity index (χ0) is 16.4. The van der Waals surface area contributed by atoms with Crippen LogP contribution in [0, 0.1) is 0 Å². The number of nitrogens with one attached hydrogen (secondary N) is 2. The van der Waals surface area contributed by atoms with Crippen molar-refractivity contribution in [2.24, 2.45) is 0 Å². The zero-order valence-electron chi connectivity index (χ0n) is 13.9. The second kappa shape index (κ2) is 6.10. The molecule has 6 nitrogen and oxygen atoms in total. The van der Waals surface area contributed by atoms with E-state index < -0.39 is 5.60 Å². The molecule has 1 unspecified atom stereocenters. The van der Waals surface area contributed by atoms with Crippen LogP contribution in [-0.4, -0.2) is 45.9 Å². The van der Waals surface area contributed by atoms with Crippen LogP contribution < -0.4 is 5.32 Å². The van der Waals surface area contributed by atoms with Gasteiger partial charge in [-0.2, -0.15) is 5.10 Å². The van der Waals surface area contributed by atoms with Gasteiger partial charge in [0.15, 0.2) is 0 Å². The molecule has 2 N–H and O–H groups in total. The van der Waals surface area contributed by atoms with Crippen molar-refractivity contribution in [3.8, 4) is 0 Å². The summed E-state index contributed by atoms with van der Waals surface area (Å²) in [6.07, 6.45) is 3.61. The van der Waals surface area contributed by atoms with Gasteiger partial charge in [-0.1, -0.05) is 6.07 Å². The quantitative estimate of drug-likeness (QED) is 0.911. The number of carbonyl (C=O) groups is 1. The summed E-state index contributed by atoms with van der Waals surface area (Å²) < 4.78 is 5.51. The van der Waals surface area contributed by atoms with E-state index in [9.17, 15) is 4.79 Å². The number of aromatic nitrogens is 2. The molecule has 1 atom stereocenters. The Hall–Kier alpha value is -2.24. The molecule has 23 heavy (non-hydrogen) atoms. The molecule has 1 saturated heterocycles. The van der Waals surface area contributed by atoms with Gasteiger partial charge in [0.05, 0.1) is 17.8 Å². The number of H-pyrrole nitrogens is 1. The van der Waals surface area contributed by atoms with E-state index in [0.29, 0.717) is 6.54 Å². The highest BCUT2D eigenvalue weighted by atomic mass is 16.6. The summed E-state index contributed by atoms with van der Waals surface area (Å²) in [6, 6.07) is 6.18. The molecule has 0 spiro atoms. The van der Waals surface area contributed by atoms with Crippen LogP contribution in [0.1, 0.15) is 33.6 Å². The first kappa shape index (κ1) is 15.6. The molecule has 0 bridgehead atoms. The third-order valence-electron chi connectivity index (χ3n) is 4.02. The summed E-state index contributed by atoms with van der Waals surface area (Å²) in [7, 11) is 0. The molecule has 3 rings (SSSR count). The molecule has 1 fully saturated rings. The summed E-state index contributed by atoms with van der Waals surface area (Å²) in [5.41, 5.74) is 1.58. The van der Waals surface area contributed by atoms with E-state index in [1.165, 1.54) is 0 Å². The lowest BCUT2D eigenvalue weighted by Crippen LogP contribution is -2.42. The monoisotopic (exact) mass is 316 g/mol. The van der Waals surface area contributed by atoms with Crippen LogP contribution in [0.4, 0.5) is 10.5 Å². The van der Waals surface area contributed by atoms with Gasteiger partial charge in [-0.05, 0) is 45.7 Å². The number of anilines is 1. The van der Waals surface area contributed by atoms with Gasteiger partial charge in [0, 0.05) is 24.2 Å². The lowest BCUT2D eigenvalue weighted by atomic mass is 10.2. The van der Waals surface area contributed by atoms with E-state index in [0.717, 1.165) is 36.0 Å². The minimum Gasteiger partial charge on any atom is -0.444 e. The molecule has 0 saturated carbocycles. The lowest BCUT2D eigenvalue weighted by Gasteiger charge is -2.29. The number of hydrogen-bond acceptors (Lipinski definition) is 4. The maximum absolute atomic E-state index is 12.3. The van der Waals surface area contributed by atoms with E-state index in [1.54, 1.807) is 0 Å². The Balaban J connectivity index is 1.65. The first-order valence-corrected chi connectivity index (χ1v) is 8.09. The van der Waals surface area contributed by atoms with Crippen molar-refractivity contribution in [3.05, 3.63) is 24.4 Å². The van der Waals surface area contributed by atoms with Crippen molar-refractivity contribution in [2.45, 2.75) is 45.3 Å². The lowest BCUT2D eigenvalue weighted by molar-refractivity contribution is 0.0235. The summed E-state index contributed by atoms with van der Waals surface area (Å²) in [4.78, 5) is 14.2. The number of carbonyl (C=O) groups excluding carboxylic acids is 1. The Morgan fingerprint density at radius 3 is 3.09 bits per heavy atom. The van der Waals surface area contributed by atoms with Gasteiger partial charge < -0.3 is 15.0 Å². The Morgan fingerprint density at radius 1 is 1.48 bits per heavy atom. The van der Waals surface area contributed by atoms with Gasteiger partial charge in [0.2, 0.25) is 0 Å². The molecular weight excluding hydrogens is 292 g/mol. The number of ether oxygens (including phenoxy) is 1. The normalized spacial score (nSPS) is 18.4. The molecule has 1 aliphatic rings. The Bertz CT molecular complexity index is 689. The average Bonchev–Trinajstić information content (AvgIpc) is 3.12. The summed E-state index contributed by atoms with van der Waals surface area (Å²) in [5.74, 6) is 0. The second-order valence-electron chi connectivity index (χ2n) is 6.99. The fourth-order valence-electron chi connectivity index (χ4n) is 2.96. The number of fused-ring (bicyclic) bond motifs is 1. The molecule has 6 heteroatoms. The van der Waals surface area contributed by atoms with Crippen LogP contribution in [0.25, 0.3) is 10.9 Å². The van der Waals surface area contributed by atoms with Crippen LogP contribution in [0.5, 0.6) is 0 Å². The summed E-state index contributed by atoms with van der Waals surface area (Å²) in [5, 5.41) is 11.6. The van der Waals surface area contributed by atoms with Crippen LogP contribution >= 0.6 is 0 Å². The average molecular weight is 316 g/mol. The second-order valence-corrected chi connectivity index (χ2v) is 6.99. The minimum atomic E-state index is -0.458. The highest BCUT2D eigenvalue weighted by Gasteiger charge is 2.31. The van der Waals surface area contributed by atoms with E-state index >= 15 is 0 Å². The molecule has 2 heterocycles. The molecule has 1 aromatic heterocycles. The predicted molar refractivity (Wildman–Crippen MR) is 90.5 cm³/mol. The van der Waals surface area contributed by atoms with Crippen molar-refractivity contribution < 1.29 is 9.53 Å². The Labute approximate surface area is 136 Å². The van der Waals surface area contributed by atoms with Crippen molar-refractivity contribution in [2.75, 3.05) is 18.4 Å². The zero-order valence-corrected chi connectivity index (χ0v) is 13.9. The third-order valence-corrected chi connectivity index (χ3v) is 4.02. The van der Waals surface area contributed by atoms with E-state index in [1.807, 2.05) is 50.1 Å². The number of rotatable bonds is 3. The smallest absolute Gasteiger partial charge is 0.410 e. The van der Waals surface area contributed by atoms with Crippen LogP contribution in [0.2, 0.25) is 0 Å². The molecular formula is C17H24N4O2. The molecule has 1 aliphatic heterocycles. The van der Waals surface area contributed by atoms with Crippen molar-refractivity contribution >= 4 is 22.7 Å². The van der Waals surface area contributed by atoms with E-state index in [2.05, 4.69) is 15.5 Å². The van der Waals surface area contributed by atoms with E-state index in [4.69, 9.17) is 4.74 Å². The van der Waals surface area contributed by atoms with Crippen molar-refractivity contribution in [1.29, 1.82) is 0 Å². The maximum atomic E-state index is 12.3. The first-order valence-electron chi connectivity index (χ1n) is 8.09. The largest absolute Gasteiger partial charge is 0.444 e. The summed E-state index contributed by atoms with van der Waals surface area (Å²) >= 11 is 0. The number of likely N-dealkylation sites (tertiary alicyclic amines) is 1. The highest BCUT2D eigenvalue weighted by Crippen LogP contribution is 2.24. The van der Waals surface area contributed by atoms with Crippen LogP contribution in [0.15, 0.2) is 24.4 Å². The van der Waals surface area contributed by atoms with Gasteiger partial charge >= 0.3 is 6.09 Å². The van der Waals surface area contributed by atoms with Crippen molar-refractivity contribution in [1.82, 2.24) is 15.1 Å². The Morgan fingerprint density at radius 2 is 2.30 bits per heavy atom. The fourth-order valence-corrected chi connectivity index (χ4v) is 2.96. The van der Waals surface area contributed by atoms with Gasteiger partial charge in [-0.15, -0.1) is 0 Å². The minimum absolute atomic E-state index is 0.159. The van der Waals surface area contributed by atoms with E-state index in [-0.39, 0.29) is 12.1 Å². The van der Waals surface area contributed by atoms with Gasteiger partial charge in [-0.25, -0.2) is 4.79 Å².